The van der Waals surface area contributed by atoms with Crippen molar-refractivity contribution in [3.05, 3.63) is 63.9 Å². The quantitative estimate of drug-likeness (QED) is 0.485. The molecule has 3 rings (SSSR count). The van der Waals surface area contributed by atoms with Crippen molar-refractivity contribution in [3.8, 4) is 5.75 Å². The van der Waals surface area contributed by atoms with Crippen molar-refractivity contribution >= 4 is 54.9 Å². The third-order valence-corrected chi connectivity index (χ3v) is 7.89. The number of hydrogen-bond acceptors (Lipinski definition) is 7. The van der Waals surface area contributed by atoms with E-state index in [-0.39, 0.29) is 37.2 Å². The molecule has 9 nitrogen and oxygen atoms in total. The summed E-state index contributed by atoms with van der Waals surface area (Å²) in [5.74, 6) is 0.170. The zero-order valence-electron chi connectivity index (χ0n) is 17.0. The van der Waals surface area contributed by atoms with Crippen LogP contribution < -0.4 is 14.2 Å². The number of aromatic nitrogens is 2. The fourth-order valence-electron chi connectivity index (χ4n) is 2.74. The molecule has 0 amide bonds. The Hall–Kier alpha value is -2.60. The average Bonchev–Trinajstić information content (AvgIpc) is 2.68. The van der Waals surface area contributed by atoms with Gasteiger partial charge in [0.2, 0.25) is 5.95 Å². The predicted octanol–water partition coefficient (Wildman–Crippen LogP) is 4.01. The lowest BCUT2D eigenvalue weighted by atomic mass is 10.3. The highest BCUT2D eigenvalue weighted by Crippen LogP contribution is 2.37. The molecule has 0 bridgehead atoms. The number of nitrogens with zero attached hydrogens (tertiary/aromatic N) is 2. The molecule has 0 aliphatic rings. The molecule has 0 spiro atoms. The topological polar surface area (TPSA) is 127 Å². The predicted molar refractivity (Wildman–Crippen MR) is 123 cm³/mol. The van der Waals surface area contributed by atoms with Crippen molar-refractivity contribution in [3.63, 3.8) is 0 Å². The second-order valence-electron chi connectivity index (χ2n) is 6.60. The summed E-state index contributed by atoms with van der Waals surface area (Å²) in [6.07, 6.45) is 0. The Kier molecular flexibility index (Phi) is 6.84. The molecule has 2 aromatic carbocycles. The van der Waals surface area contributed by atoms with Gasteiger partial charge >= 0.3 is 0 Å². The third-order valence-electron chi connectivity index (χ3n) is 4.15. The summed E-state index contributed by atoms with van der Waals surface area (Å²) in [5.41, 5.74) is 1.34. The van der Waals surface area contributed by atoms with Crippen LogP contribution in [0, 0.1) is 13.8 Å². The molecule has 0 atom stereocenters. The Labute approximate surface area is 195 Å². The third kappa shape index (κ3) is 5.23. The Morgan fingerprint density at radius 3 is 1.97 bits per heavy atom. The van der Waals surface area contributed by atoms with Gasteiger partial charge in [0.25, 0.3) is 20.0 Å². The Bertz CT molecular complexity index is 1360. The molecule has 13 heteroatoms. The van der Waals surface area contributed by atoms with Gasteiger partial charge in [0.1, 0.15) is 15.7 Å². The second kappa shape index (κ2) is 9.10. The summed E-state index contributed by atoms with van der Waals surface area (Å²) in [6.45, 7) is 3.44. The van der Waals surface area contributed by atoms with E-state index in [4.69, 9.17) is 27.9 Å². The number of methoxy groups -OCH3 is 1. The molecule has 2 N–H and O–H groups in total. The zero-order chi connectivity index (χ0) is 23.7. The number of anilines is 2. The number of aryl methyl sites for hydroxylation is 2. The molecule has 0 radical (unpaired) electrons. The van der Waals surface area contributed by atoms with E-state index in [1.54, 1.807) is 19.9 Å². The second-order valence-corrected chi connectivity index (χ2v) is 10.7. The van der Waals surface area contributed by atoms with Crippen LogP contribution in [0.5, 0.6) is 5.75 Å². The van der Waals surface area contributed by atoms with Crippen molar-refractivity contribution in [2.45, 2.75) is 23.6 Å². The molecule has 0 saturated carbocycles. The van der Waals surface area contributed by atoms with E-state index in [1.165, 1.54) is 43.5 Å². The molecule has 32 heavy (non-hydrogen) atoms. The molecular formula is C19H18Cl2N4O5S2. The molecule has 1 aromatic heterocycles. The van der Waals surface area contributed by atoms with Crippen molar-refractivity contribution in [1.29, 1.82) is 0 Å². The summed E-state index contributed by atoms with van der Waals surface area (Å²) in [4.78, 5) is 7.74. The maximum absolute atomic E-state index is 12.7. The lowest BCUT2D eigenvalue weighted by Gasteiger charge is -2.13. The van der Waals surface area contributed by atoms with E-state index in [9.17, 15) is 16.8 Å². The fraction of sp³-hybridized carbons (Fsp3) is 0.158. The number of hydrogen-bond donors (Lipinski definition) is 2. The molecule has 0 aliphatic heterocycles. The van der Waals surface area contributed by atoms with Gasteiger partial charge in [0.15, 0.2) is 0 Å². The van der Waals surface area contributed by atoms with Crippen molar-refractivity contribution in [2.75, 3.05) is 16.6 Å². The van der Waals surface area contributed by atoms with Crippen LogP contribution in [0.1, 0.15) is 11.4 Å². The van der Waals surface area contributed by atoms with Gasteiger partial charge in [-0.2, -0.15) is 0 Å². The SMILES string of the molecule is COc1ccc(S(=O)(=O)Nc2ccc(S(=O)(=O)Nc3nc(C)cc(C)n3)cc2)c(Cl)c1Cl. The number of benzene rings is 2. The number of ether oxygens (including phenoxy) is 1. The normalized spacial score (nSPS) is 11.8. The molecule has 0 fully saturated rings. The summed E-state index contributed by atoms with van der Waals surface area (Å²) >= 11 is 12.1. The molecule has 0 saturated heterocycles. The van der Waals surface area contributed by atoms with Crippen molar-refractivity contribution < 1.29 is 21.6 Å². The molecular weight excluding hydrogens is 499 g/mol. The highest BCUT2D eigenvalue weighted by molar-refractivity contribution is 7.93. The molecule has 170 valence electrons. The minimum Gasteiger partial charge on any atom is -0.495 e. The van der Waals surface area contributed by atoms with Crippen LogP contribution in [0.3, 0.4) is 0 Å². The monoisotopic (exact) mass is 516 g/mol. The van der Waals surface area contributed by atoms with Crippen LogP contribution in [0.15, 0.2) is 52.3 Å². The zero-order valence-corrected chi connectivity index (χ0v) is 20.2. The van der Waals surface area contributed by atoms with Gasteiger partial charge in [-0.25, -0.2) is 31.5 Å². The van der Waals surface area contributed by atoms with Gasteiger partial charge in [-0.15, -0.1) is 0 Å². The summed E-state index contributed by atoms with van der Waals surface area (Å²) < 4.78 is 60.3. The molecule has 3 aromatic rings. The Morgan fingerprint density at radius 1 is 0.812 bits per heavy atom. The van der Waals surface area contributed by atoms with Gasteiger partial charge in [-0.3, -0.25) is 4.72 Å². The largest absolute Gasteiger partial charge is 0.495 e. The number of rotatable bonds is 7. The number of nitrogens with one attached hydrogen (secondary N) is 2. The van der Waals surface area contributed by atoms with Crippen LogP contribution in [-0.4, -0.2) is 33.9 Å². The summed E-state index contributed by atoms with van der Waals surface area (Å²) in [5, 5.41) is -0.242. The van der Waals surface area contributed by atoms with Gasteiger partial charge in [-0.05, 0) is 56.3 Å². The van der Waals surface area contributed by atoms with E-state index >= 15 is 0 Å². The van der Waals surface area contributed by atoms with E-state index in [0.717, 1.165) is 0 Å². The van der Waals surface area contributed by atoms with Crippen LogP contribution in [-0.2, 0) is 20.0 Å². The number of sulfonamides is 2. The first kappa shape index (κ1) is 24.1. The molecule has 1 heterocycles. The van der Waals surface area contributed by atoms with Gasteiger partial charge in [0.05, 0.1) is 17.0 Å². The lowest BCUT2D eigenvalue weighted by molar-refractivity contribution is 0.414. The summed E-state index contributed by atoms with van der Waals surface area (Å²) in [6, 6.07) is 9.42. The van der Waals surface area contributed by atoms with Crippen molar-refractivity contribution in [2.24, 2.45) is 0 Å². The number of halogens is 2. The smallest absolute Gasteiger partial charge is 0.264 e. The van der Waals surface area contributed by atoms with Crippen LogP contribution in [0.4, 0.5) is 11.6 Å². The Balaban J connectivity index is 1.83. The van der Waals surface area contributed by atoms with Gasteiger partial charge < -0.3 is 4.74 Å². The average molecular weight is 517 g/mol. The highest BCUT2D eigenvalue weighted by Gasteiger charge is 2.23. The minimum absolute atomic E-state index is 0.0434. The Morgan fingerprint density at radius 2 is 1.41 bits per heavy atom. The summed E-state index contributed by atoms with van der Waals surface area (Å²) in [7, 11) is -6.71. The van der Waals surface area contributed by atoms with E-state index in [0.29, 0.717) is 11.4 Å². The van der Waals surface area contributed by atoms with E-state index < -0.39 is 20.0 Å². The fourth-order valence-corrected chi connectivity index (χ4v) is 5.59. The van der Waals surface area contributed by atoms with Gasteiger partial charge in [-0.1, -0.05) is 23.2 Å². The van der Waals surface area contributed by atoms with Crippen LogP contribution in [0.25, 0.3) is 0 Å². The first-order chi connectivity index (χ1) is 14.9. The maximum atomic E-state index is 12.7. The van der Waals surface area contributed by atoms with Gasteiger partial charge in [0, 0.05) is 17.1 Å². The molecule has 0 unspecified atom stereocenters. The first-order valence-electron chi connectivity index (χ1n) is 8.93. The van der Waals surface area contributed by atoms with Crippen molar-refractivity contribution in [1.82, 2.24) is 9.97 Å². The first-order valence-corrected chi connectivity index (χ1v) is 12.6. The van der Waals surface area contributed by atoms with E-state index in [2.05, 4.69) is 19.4 Å². The lowest BCUT2D eigenvalue weighted by Crippen LogP contribution is -2.16. The standard InChI is InChI=1S/C19H18Cl2N4O5S2/c1-11-10-12(2)23-19(22-11)25-31(26,27)14-6-4-13(5-7-14)24-32(28,29)16-9-8-15(30-3)17(20)18(16)21/h4-10,24H,1-3H3,(H,22,23,25). The maximum Gasteiger partial charge on any atom is 0.264 e. The van der Waals surface area contributed by atoms with E-state index in [1.807, 2.05) is 0 Å². The minimum atomic E-state index is -4.10. The molecule has 0 aliphatic carbocycles. The van der Waals surface area contributed by atoms with Crippen LogP contribution in [0.2, 0.25) is 10.0 Å². The highest BCUT2D eigenvalue weighted by atomic mass is 35.5. The van der Waals surface area contributed by atoms with Crippen LogP contribution >= 0.6 is 23.2 Å².